The number of alkyl halides is 3. The Kier molecular flexibility index (Phi) is 9.17. The molecule has 0 aliphatic rings. The van der Waals surface area contributed by atoms with Gasteiger partial charge in [0, 0.05) is 31.6 Å². The molecule has 4 aromatic rings. The normalized spacial score (nSPS) is 12.5. The Morgan fingerprint density at radius 2 is 1.74 bits per heavy atom. The summed E-state index contributed by atoms with van der Waals surface area (Å²) in [4.78, 5) is 11.2. The van der Waals surface area contributed by atoms with E-state index in [0.717, 1.165) is 10.9 Å². The predicted molar refractivity (Wildman–Crippen MR) is 147 cm³/mol. The maximum Gasteiger partial charge on any atom is 0.393 e. The third-order valence-electron chi connectivity index (χ3n) is 6.00. The van der Waals surface area contributed by atoms with Gasteiger partial charge in [-0.25, -0.2) is 0 Å². The molecule has 0 spiro atoms. The van der Waals surface area contributed by atoms with Gasteiger partial charge in [0.25, 0.3) is 0 Å². The molecule has 3 N–H and O–H groups in total. The summed E-state index contributed by atoms with van der Waals surface area (Å²) >= 11 is 0. The van der Waals surface area contributed by atoms with Gasteiger partial charge in [0.2, 0.25) is 5.91 Å². The van der Waals surface area contributed by atoms with E-state index in [1.807, 2.05) is 18.2 Å². The Balaban J connectivity index is 1.61. The van der Waals surface area contributed by atoms with Gasteiger partial charge in [-0.2, -0.15) is 18.3 Å². The standard InChI is InChI=1S/C30H29F3N4O2/c1-34-28(38)8-5-15-35-16-17-39-25-12-9-22(10-13-25)29(23-11-14-27-24(18-23)20-36-37-27)26(19-30(31,32)33)21-6-3-2-4-7-21/h2-14,18,20,35H,15-17,19H2,1H3,(H,34,38)(H,36,37)/b8-5+,29-26+. The van der Waals surface area contributed by atoms with Crippen molar-refractivity contribution < 1.29 is 22.7 Å². The molecular formula is C30H29F3N4O2. The van der Waals surface area contributed by atoms with Gasteiger partial charge in [0.05, 0.1) is 18.1 Å². The highest BCUT2D eigenvalue weighted by atomic mass is 19.4. The highest BCUT2D eigenvalue weighted by Gasteiger charge is 2.31. The van der Waals surface area contributed by atoms with E-state index < -0.39 is 12.6 Å². The minimum absolute atomic E-state index is 0.170. The SMILES string of the molecule is CNC(=O)/C=C/CNCCOc1ccc(/C(=C(/CC(F)(F)F)c2ccccc2)c2ccc3[nH]ncc3c2)cc1. The Morgan fingerprint density at radius 1 is 1.00 bits per heavy atom. The summed E-state index contributed by atoms with van der Waals surface area (Å²) in [6.45, 7) is 1.46. The number of aromatic amines is 1. The average Bonchev–Trinajstić information content (AvgIpc) is 3.41. The Labute approximate surface area is 224 Å². The van der Waals surface area contributed by atoms with Gasteiger partial charge in [0.1, 0.15) is 12.4 Å². The van der Waals surface area contributed by atoms with Gasteiger partial charge < -0.3 is 15.4 Å². The van der Waals surface area contributed by atoms with Gasteiger partial charge in [-0.1, -0.05) is 54.6 Å². The number of rotatable bonds is 11. The van der Waals surface area contributed by atoms with Crippen molar-refractivity contribution in [2.24, 2.45) is 0 Å². The molecule has 0 aliphatic heterocycles. The van der Waals surface area contributed by atoms with Crippen LogP contribution in [0.2, 0.25) is 0 Å². The van der Waals surface area contributed by atoms with Gasteiger partial charge in [-0.05, 0) is 52.1 Å². The van der Waals surface area contributed by atoms with Crippen molar-refractivity contribution >= 4 is 28.0 Å². The van der Waals surface area contributed by atoms with Gasteiger partial charge >= 0.3 is 6.18 Å². The van der Waals surface area contributed by atoms with Crippen LogP contribution in [0, 0.1) is 0 Å². The quantitative estimate of drug-likeness (QED) is 0.130. The maximum atomic E-state index is 13.9. The lowest BCUT2D eigenvalue weighted by molar-refractivity contribution is -0.123. The number of hydrogen-bond donors (Lipinski definition) is 3. The van der Waals surface area contributed by atoms with Crippen molar-refractivity contribution in [3.8, 4) is 5.75 Å². The Hall–Kier alpha value is -4.37. The van der Waals surface area contributed by atoms with E-state index >= 15 is 0 Å². The predicted octanol–water partition coefficient (Wildman–Crippen LogP) is 5.75. The van der Waals surface area contributed by atoms with Crippen molar-refractivity contribution in [1.82, 2.24) is 20.8 Å². The number of likely N-dealkylation sites (N-methyl/N-ethyl adjacent to an activating group) is 1. The van der Waals surface area contributed by atoms with E-state index in [4.69, 9.17) is 4.74 Å². The number of nitrogens with one attached hydrogen (secondary N) is 3. The molecule has 1 amide bonds. The zero-order valence-electron chi connectivity index (χ0n) is 21.4. The van der Waals surface area contributed by atoms with Crippen LogP contribution in [-0.2, 0) is 4.79 Å². The van der Waals surface area contributed by atoms with Crippen LogP contribution < -0.4 is 15.4 Å². The third-order valence-corrected chi connectivity index (χ3v) is 6.00. The van der Waals surface area contributed by atoms with Crippen LogP contribution in [0.15, 0.2) is 91.1 Å². The molecule has 9 heteroatoms. The lowest BCUT2D eigenvalue weighted by Gasteiger charge is -2.19. The highest BCUT2D eigenvalue weighted by Crippen LogP contribution is 2.40. The largest absolute Gasteiger partial charge is 0.492 e. The van der Waals surface area contributed by atoms with E-state index in [-0.39, 0.29) is 11.5 Å². The fourth-order valence-corrected chi connectivity index (χ4v) is 4.18. The van der Waals surface area contributed by atoms with E-state index in [2.05, 4.69) is 20.8 Å². The summed E-state index contributed by atoms with van der Waals surface area (Å²) in [5.74, 6) is 0.431. The minimum atomic E-state index is -4.40. The number of carbonyl (C=O) groups excluding carboxylic acids is 1. The smallest absolute Gasteiger partial charge is 0.393 e. The fraction of sp³-hybridized carbons (Fsp3) is 0.200. The fourth-order valence-electron chi connectivity index (χ4n) is 4.18. The lowest BCUT2D eigenvalue weighted by Crippen LogP contribution is -2.21. The molecular weight excluding hydrogens is 505 g/mol. The molecule has 4 rings (SSSR count). The number of fused-ring (bicyclic) bond motifs is 1. The first kappa shape index (κ1) is 27.7. The number of hydrogen-bond acceptors (Lipinski definition) is 4. The molecule has 0 aliphatic carbocycles. The number of ether oxygens (including phenoxy) is 1. The molecule has 1 aromatic heterocycles. The summed E-state index contributed by atoms with van der Waals surface area (Å²) in [6, 6.07) is 21.2. The summed E-state index contributed by atoms with van der Waals surface area (Å²) in [5.41, 5.74) is 3.30. The van der Waals surface area contributed by atoms with Crippen LogP contribution in [0.5, 0.6) is 5.75 Å². The zero-order chi connectivity index (χ0) is 27.7. The van der Waals surface area contributed by atoms with Crippen LogP contribution in [0.3, 0.4) is 0 Å². The molecule has 202 valence electrons. The molecule has 39 heavy (non-hydrogen) atoms. The number of carbonyl (C=O) groups is 1. The summed E-state index contributed by atoms with van der Waals surface area (Å²) < 4.78 is 47.4. The number of amides is 1. The second kappa shape index (κ2) is 12.9. The van der Waals surface area contributed by atoms with E-state index in [0.29, 0.717) is 47.7 Å². The first-order valence-corrected chi connectivity index (χ1v) is 12.4. The van der Waals surface area contributed by atoms with Crippen LogP contribution >= 0.6 is 0 Å². The molecule has 0 unspecified atom stereocenters. The van der Waals surface area contributed by atoms with Gasteiger partial charge in [-0.15, -0.1) is 0 Å². The van der Waals surface area contributed by atoms with Crippen molar-refractivity contribution in [2.45, 2.75) is 12.6 Å². The number of allylic oxidation sites excluding steroid dienone is 1. The minimum Gasteiger partial charge on any atom is -0.492 e. The molecule has 0 bridgehead atoms. The molecule has 0 saturated carbocycles. The van der Waals surface area contributed by atoms with Crippen LogP contribution in [0.4, 0.5) is 13.2 Å². The van der Waals surface area contributed by atoms with E-state index in [1.54, 1.807) is 73.9 Å². The Bertz CT molecular complexity index is 1440. The summed E-state index contributed by atoms with van der Waals surface area (Å²) in [5, 5.41) is 13.4. The zero-order valence-corrected chi connectivity index (χ0v) is 21.4. The second-order valence-corrected chi connectivity index (χ2v) is 8.78. The molecule has 3 aromatic carbocycles. The van der Waals surface area contributed by atoms with Gasteiger partial charge in [0.15, 0.2) is 0 Å². The number of H-pyrrole nitrogens is 1. The number of aromatic nitrogens is 2. The van der Waals surface area contributed by atoms with Crippen LogP contribution in [-0.4, -0.2) is 49.0 Å². The number of halogens is 3. The maximum absolute atomic E-state index is 13.9. The number of benzene rings is 3. The van der Waals surface area contributed by atoms with Crippen molar-refractivity contribution in [1.29, 1.82) is 0 Å². The molecule has 0 atom stereocenters. The van der Waals surface area contributed by atoms with Crippen molar-refractivity contribution in [3.05, 3.63) is 108 Å². The number of nitrogens with zero attached hydrogens (tertiary/aromatic N) is 1. The molecule has 0 radical (unpaired) electrons. The Morgan fingerprint density at radius 3 is 2.46 bits per heavy atom. The topological polar surface area (TPSA) is 79.0 Å². The van der Waals surface area contributed by atoms with E-state index in [9.17, 15) is 18.0 Å². The molecule has 6 nitrogen and oxygen atoms in total. The first-order valence-electron chi connectivity index (χ1n) is 12.4. The summed E-state index contributed by atoms with van der Waals surface area (Å²) in [6.07, 6.45) is -0.657. The van der Waals surface area contributed by atoms with Crippen LogP contribution in [0.1, 0.15) is 23.1 Å². The third kappa shape index (κ3) is 7.81. The molecule has 0 saturated heterocycles. The van der Waals surface area contributed by atoms with Crippen molar-refractivity contribution in [3.63, 3.8) is 0 Å². The van der Waals surface area contributed by atoms with Crippen molar-refractivity contribution in [2.75, 3.05) is 26.7 Å². The second-order valence-electron chi connectivity index (χ2n) is 8.78. The van der Waals surface area contributed by atoms with Crippen LogP contribution in [0.25, 0.3) is 22.0 Å². The lowest BCUT2D eigenvalue weighted by atomic mass is 9.87. The molecule has 1 heterocycles. The van der Waals surface area contributed by atoms with Gasteiger partial charge in [-0.3, -0.25) is 9.89 Å². The highest BCUT2D eigenvalue weighted by molar-refractivity contribution is 6.00. The monoisotopic (exact) mass is 534 g/mol. The summed E-state index contributed by atoms with van der Waals surface area (Å²) in [7, 11) is 1.56. The van der Waals surface area contributed by atoms with E-state index in [1.165, 1.54) is 6.08 Å². The first-order chi connectivity index (χ1) is 18.8. The average molecular weight is 535 g/mol. The molecule has 0 fully saturated rings.